The van der Waals surface area contributed by atoms with Gasteiger partial charge in [-0.1, -0.05) is 0 Å². The van der Waals surface area contributed by atoms with Crippen LogP contribution in [-0.4, -0.2) is 19.4 Å². The van der Waals surface area contributed by atoms with Crippen LogP contribution in [0.1, 0.15) is 0 Å². The zero-order valence-electron chi connectivity index (χ0n) is 7.66. The highest BCUT2D eigenvalue weighted by Gasteiger charge is 2.04. The number of aromatic nitrogens is 4. The topological polar surface area (TPSA) is 60.2 Å². The molecule has 72 valence electrons. The lowest BCUT2D eigenvalue weighted by atomic mass is 10.3. The Hall–Kier alpha value is -2.30. The Morgan fingerprint density at radius 3 is 3.13 bits per heavy atom. The Morgan fingerprint density at radius 1 is 1.27 bits per heavy atom. The average Bonchev–Trinajstić information content (AvgIpc) is 2.30. The smallest absolute Gasteiger partial charge is 0.266 e. The molecule has 3 heterocycles. The lowest BCUT2D eigenvalue weighted by Crippen LogP contribution is -2.16. The molecule has 0 aromatic carbocycles. The van der Waals surface area contributed by atoms with Crippen molar-refractivity contribution in [1.82, 2.24) is 19.4 Å². The van der Waals surface area contributed by atoms with Gasteiger partial charge in [0.2, 0.25) is 0 Å². The van der Waals surface area contributed by atoms with Crippen LogP contribution in [0.4, 0.5) is 0 Å². The second kappa shape index (κ2) is 2.84. The number of rotatable bonds is 0. The van der Waals surface area contributed by atoms with Crippen molar-refractivity contribution in [2.24, 2.45) is 0 Å². The fourth-order valence-electron chi connectivity index (χ4n) is 1.50. The second-order valence-corrected chi connectivity index (χ2v) is 3.09. The summed E-state index contributed by atoms with van der Waals surface area (Å²) in [5, 5.41) is 0. The number of hydrogen-bond donors (Lipinski definition) is 0. The van der Waals surface area contributed by atoms with Crippen LogP contribution in [0.2, 0.25) is 0 Å². The molecule has 0 aliphatic heterocycles. The number of pyridine rings is 1. The standard InChI is InChI=1S/C10H6N4O/c15-10-9-7(2-1-3-12-9)13-8-6-11-4-5-14(8)10/h1-6H. The van der Waals surface area contributed by atoms with Crippen molar-refractivity contribution in [2.75, 3.05) is 0 Å². The summed E-state index contributed by atoms with van der Waals surface area (Å²) in [5.41, 5.74) is 1.33. The summed E-state index contributed by atoms with van der Waals surface area (Å²) in [6.07, 6.45) is 6.26. The monoisotopic (exact) mass is 198 g/mol. The fraction of sp³-hybridized carbons (Fsp3) is 0. The minimum Gasteiger partial charge on any atom is -0.266 e. The van der Waals surface area contributed by atoms with Crippen LogP contribution >= 0.6 is 0 Å². The predicted octanol–water partition coefficient (Wildman–Crippen LogP) is 0.638. The van der Waals surface area contributed by atoms with Gasteiger partial charge in [-0.15, -0.1) is 0 Å². The zero-order valence-corrected chi connectivity index (χ0v) is 7.66. The summed E-state index contributed by atoms with van der Waals surface area (Å²) >= 11 is 0. The lowest BCUT2D eigenvalue weighted by molar-refractivity contribution is 1.03. The molecule has 0 fully saturated rings. The van der Waals surface area contributed by atoms with Crippen LogP contribution < -0.4 is 5.56 Å². The Kier molecular flexibility index (Phi) is 1.53. The molecule has 0 radical (unpaired) electrons. The number of hydrogen-bond acceptors (Lipinski definition) is 4. The summed E-state index contributed by atoms with van der Waals surface area (Å²) in [6, 6.07) is 3.51. The molecule has 0 N–H and O–H groups in total. The SMILES string of the molecule is O=c1c2ncccc2nc2cnccn12. The molecule has 3 aromatic rings. The van der Waals surface area contributed by atoms with Crippen molar-refractivity contribution in [1.29, 1.82) is 0 Å². The molecule has 0 atom stereocenters. The maximum Gasteiger partial charge on any atom is 0.284 e. The first-order valence-electron chi connectivity index (χ1n) is 4.43. The van der Waals surface area contributed by atoms with Crippen LogP contribution in [0, 0.1) is 0 Å². The first-order valence-corrected chi connectivity index (χ1v) is 4.43. The average molecular weight is 198 g/mol. The number of fused-ring (bicyclic) bond motifs is 2. The van der Waals surface area contributed by atoms with Gasteiger partial charge in [0.05, 0.1) is 11.7 Å². The Bertz CT molecular complexity index is 647. The Morgan fingerprint density at radius 2 is 2.20 bits per heavy atom. The molecule has 3 rings (SSSR count). The van der Waals surface area contributed by atoms with E-state index < -0.39 is 0 Å². The minimum atomic E-state index is -0.169. The van der Waals surface area contributed by atoms with Gasteiger partial charge < -0.3 is 0 Å². The number of nitrogens with zero attached hydrogens (tertiary/aromatic N) is 4. The minimum absolute atomic E-state index is 0.169. The van der Waals surface area contributed by atoms with E-state index in [1.54, 1.807) is 36.9 Å². The van der Waals surface area contributed by atoms with Gasteiger partial charge in [0.15, 0.2) is 11.2 Å². The lowest BCUT2D eigenvalue weighted by Gasteiger charge is -2.00. The molecule has 0 amide bonds. The predicted molar refractivity (Wildman–Crippen MR) is 54.6 cm³/mol. The van der Waals surface area contributed by atoms with E-state index in [1.165, 1.54) is 4.40 Å². The summed E-state index contributed by atoms with van der Waals surface area (Å²) in [5.74, 6) is 0. The molecule has 0 saturated heterocycles. The van der Waals surface area contributed by atoms with Crippen molar-refractivity contribution in [3.63, 3.8) is 0 Å². The largest absolute Gasteiger partial charge is 0.284 e. The summed E-state index contributed by atoms with van der Waals surface area (Å²) in [4.78, 5) is 24.1. The van der Waals surface area contributed by atoms with E-state index in [-0.39, 0.29) is 5.56 Å². The molecular formula is C10H6N4O. The van der Waals surface area contributed by atoms with E-state index >= 15 is 0 Å². The van der Waals surface area contributed by atoms with Gasteiger partial charge in [0.25, 0.3) is 5.56 Å². The van der Waals surface area contributed by atoms with Crippen molar-refractivity contribution in [3.8, 4) is 0 Å². The van der Waals surface area contributed by atoms with E-state index in [4.69, 9.17) is 0 Å². The van der Waals surface area contributed by atoms with Crippen LogP contribution in [0.25, 0.3) is 16.7 Å². The molecule has 0 bridgehead atoms. The van der Waals surface area contributed by atoms with Gasteiger partial charge in [-0.3, -0.25) is 14.2 Å². The van der Waals surface area contributed by atoms with E-state index in [2.05, 4.69) is 15.0 Å². The van der Waals surface area contributed by atoms with Crippen molar-refractivity contribution in [2.45, 2.75) is 0 Å². The van der Waals surface area contributed by atoms with E-state index in [9.17, 15) is 4.79 Å². The van der Waals surface area contributed by atoms with E-state index in [0.717, 1.165) is 0 Å². The van der Waals surface area contributed by atoms with Crippen molar-refractivity contribution < 1.29 is 0 Å². The highest BCUT2D eigenvalue weighted by molar-refractivity contribution is 5.74. The maximum absolute atomic E-state index is 11.9. The third-order valence-electron chi connectivity index (χ3n) is 2.18. The second-order valence-electron chi connectivity index (χ2n) is 3.09. The zero-order chi connectivity index (χ0) is 10.3. The van der Waals surface area contributed by atoms with Gasteiger partial charge in [0, 0.05) is 18.6 Å². The Labute approximate surface area is 84.1 Å². The normalized spacial score (nSPS) is 10.9. The van der Waals surface area contributed by atoms with Gasteiger partial charge in [-0.05, 0) is 12.1 Å². The first-order chi connectivity index (χ1) is 7.36. The molecule has 5 heteroatoms. The summed E-state index contributed by atoms with van der Waals surface area (Å²) in [6.45, 7) is 0. The van der Waals surface area contributed by atoms with Crippen LogP contribution in [-0.2, 0) is 0 Å². The first kappa shape index (κ1) is 8.05. The van der Waals surface area contributed by atoms with Crippen LogP contribution in [0.15, 0.2) is 41.7 Å². The van der Waals surface area contributed by atoms with Crippen molar-refractivity contribution >= 4 is 16.7 Å². The fourth-order valence-corrected chi connectivity index (χ4v) is 1.50. The molecule has 15 heavy (non-hydrogen) atoms. The molecule has 5 nitrogen and oxygen atoms in total. The highest BCUT2D eigenvalue weighted by Crippen LogP contribution is 2.04. The molecule has 3 aromatic heterocycles. The van der Waals surface area contributed by atoms with Gasteiger partial charge >= 0.3 is 0 Å². The molecular weight excluding hydrogens is 192 g/mol. The maximum atomic E-state index is 11.9. The van der Waals surface area contributed by atoms with Crippen LogP contribution in [0.3, 0.4) is 0 Å². The summed E-state index contributed by atoms with van der Waals surface area (Å²) in [7, 11) is 0. The van der Waals surface area contributed by atoms with Crippen LogP contribution in [0.5, 0.6) is 0 Å². The van der Waals surface area contributed by atoms with E-state index in [0.29, 0.717) is 16.7 Å². The van der Waals surface area contributed by atoms with E-state index in [1.807, 2.05) is 0 Å². The molecule has 0 unspecified atom stereocenters. The van der Waals surface area contributed by atoms with Gasteiger partial charge in [-0.25, -0.2) is 9.97 Å². The molecule has 0 spiro atoms. The molecule has 0 aliphatic rings. The molecule has 0 aliphatic carbocycles. The quantitative estimate of drug-likeness (QED) is 0.497. The molecule has 0 saturated carbocycles. The Balaban J connectivity index is 2.66. The van der Waals surface area contributed by atoms with Crippen molar-refractivity contribution in [3.05, 3.63) is 47.3 Å². The third kappa shape index (κ3) is 1.10. The van der Waals surface area contributed by atoms with Gasteiger partial charge in [-0.2, -0.15) is 0 Å². The summed E-state index contributed by atoms with van der Waals surface area (Å²) < 4.78 is 1.43. The third-order valence-corrected chi connectivity index (χ3v) is 2.18. The van der Waals surface area contributed by atoms with Gasteiger partial charge in [0.1, 0.15) is 0 Å². The highest BCUT2D eigenvalue weighted by atomic mass is 16.1.